The van der Waals surface area contributed by atoms with Gasteiger partial charge in [-0.05, 0) is 19.9 Å². The Kier molecular flexibility index (Phi) is 13.4. The highest BCUT2D eigenvalue weighted by Crippen LogP contribution is 2.31. The minimum Gasteiger partial charge on any atom is -0.287 e. The first-order chi connectivity index (χ1) is 29.7. The predicted octanol–water partition coefficient (Wildman–Crippen LogP) is 8.94. The van der Waals surface area contributed by atoms with Gasteiger partial charge in [-0.2, -0.15) is 4.57 Å². The highest BCUT2D eigenvalue weighted by atomic mass is 19.2. The molecule has 0 saturated carbocycles. The third-order valence-electron chi connectivity index (χ3n) is 10.5. The number of nitrogens with zero attached hydrogens (tertiary/aromatic N) is 1. The highest BCUT2D eigenvalue weighted by molar-refractivity contribution is 7.20. The summed E-state index contributed by atoms with van der Waals surface area (Å²) in [6.45, 7) is 8.72. The van der Waals surface area contributed by atoms with E-state index >= 15 is 35.1 Å². The molecule has 0 N–H and O–H groups in total. The molecule has 64 heavy (non-hydrogen) atoms. The number of halogens is 20. The van der Waals surface area contributed by atoms with Crippen molar-refractivity contribution < 1.29 is 97.2 Å². The summed E-state index contributed by atoms with van der Waals surface area (Å²) in [6.07, 6.45) is -7.22. The van der Waals surface area contributed by atoms with E-state index in [2.05, 4.69) is 38.3 Å². The van der Waals surface area contributed by atoms with E-state index in [1.807, 2.05) is 30.3 Å². The largest absolute Gasteiger partial charge is 0.287 e. The summed E-state index contributed by atoms with van der Waals surface area (Å²) in [7, 11) is 0. The second kappa shape index (κ2) is 17.6. The molecule has 5 aromatic carbocycles. The van der Waals surface area contributed by atoms with E-state index in [0.717, 1.165) is 17.0 Å². The molecular weight excluding hydrogens is 913 g/mol. The molecule has 0 radical (unpaired) electrons. The number of rotatable bonds is 7. The minimum absolute atomic E-state index is 0.154. The Bertz CT molecular complexity index is 2510. The Morgan fingerprint density at radius 1 is 0.375 bits per heavy atom. The zero-order chi connectivity index (χ0) is 48.3. The van der Waals surface area contributed by atoms with Gasteiger partial charge in [0.15, 0.2) is 81.2 Å². The van der Waals surface area contributed by atoms with Crippen molar-refractivity contribution in [2.45, 2.75) is 34.2 Å². The maximum Gasteiger partial charge on any atom is 0.227 e. The third kappa shape index (κ3) is 7.40. The molecule has 1 heterocycles. The van der Waals surface area contributed by atoms with E-state index in [1.165, 1.54) is 11.1 Å². The van der Waals surface area contributed by atoms with Crippen LogP contribution in [0.15, 0.2) is 36.4 Å². The van der Waals surface area contributed by atoms with Gasteiger partial charge in [0.1, 0.15) is 52.7 Å². The number of hydrogen-bond acceptors (Lipinski definition) is 1. The Morgan fingerprint density at radius 3 is 0.828 bits per heavy atom. The van der Waals surface area contributed by atoms with E-state index < -0.39 is 144 Å². The molecule has 0 saturated heterocycles. The van der Waals surface area contributed by atoms with Crippen molar-refractivity contribution in [2.75, 3.05) is 0 Å². The van der Waals surface area contributed by atoms with Crippen LogP contribution in [0, 0.1) is 144 Å². The van der Waals surface area contributed by atoms with Gasteiger partial charge in [-0.3, -0.25) is 4.79 Å². The quantitative estimate of drug-likeness (QED) is 0.0392. The first kappa shape index (κ1) is 48.6. The van der Waals surface area contributed by atoms with Crippen LogP contribution in [0.5, 0.6) is 0 Å². The molecule has 0 aliphatic carbocycles. The second-order valence-corrected chi connectivity index (χ2v) is 13.9. The fourth-order valence-corrected chi connectivity index (χ4v) is 7.18. The monoisotopic (exact) mass is 933 g/mol. The minimum atomic E-state index is -7.22. The van der Waals surface area contributed by atoms with Gasteiger partial charge in [-0.1, -0.05) is 30.3 Å². The van der Waals surface area contributed by atoms with Gasteiger partial charge in [0.05, 0.1) is 0 Å². The average Bonchev–Trinajstić information content (AvgIpc) is 3.27. The van der Waals surface area contributed by atoms with E-state index in [9.17, 15) is 57.5 Å². The fraction of sp³-hybridized carbons (Fsp3) is 0.122. The molecule has 0 atom stereocenters. The van der Waals surface area contributed by atoms with Crippen LogP contribution < -0.4 is 26.4 Å². The number of aromatic nitrogens is 1. The molecule has 0 fully saturated rings. The van der Waals surface area contributed by atoms with Crippen LogP contribution in [0.4, 0.5) is 87.8 Å². The van der Waals surface area contributed by atoms with E-state index in [1.54, 1.807) is 0 Å². The van der Waals surface area contributed by atoms with E-state index in [4.69, 9.17) is 0 Å². The maximum atomic E-state index is 15.4. The van der Waals surface area contributed by atoms with Gasteiger partial charge in [0.2, 0.25) is 12.3 Å². The first-order valence-electron chi connectivity index (χ1n) is 17.5. The lowest BCUT2D eigenvalue weighted by Gasteiger charge is -2.44. The van der Waals surface area contributed by atoms with Gasteiger partial charge >= 0.3 is 0 Å². The normalized spacial score (nSPS) is 11.6. The molecule has 6 rings (SSSR count). The molecule has 0 unspecified atom stereocenters. The van der Waals surface area contributed by atoms with E-state index in [-0.39, 0.29) is 5.78 Å². The van der Waals surface area contributed by atoms with Crippen molar-refractivity contribution in [3.8, 4) is 0 Å². The lowest BCUT2D eigenvalue weighted by Crippen LogP contribution is -2.81. The number of carbonyl (C=O) groups is 1. The Hall–Kier alpha value is -6.42. The number of ketones is 1. The summed E-state index contributed by atoms with van der Waals surface area (Å²) in [6, 6.07) is 11.6. The van der Waals surface area contributed by atoms with Crippen molar-refractivity contribution in [1.29, 1.82) is 0 Å². The Morgan fingerprint density at radius 2 is 0.594 bits per heavy atom. The number of pyridine rings is 1. The standard InChI is InChI=1S/C24BF20.C17H20NO/c26-5-1(6(27)14(35)21(42)13(5)34)25(2-7(28)15(36)22(43)16(37)8(2)29,3-9(30)17(38)23(44)18(39)10(3)31)4-11(32)19(40)24(45)20(41)12(4)33;1-12-10-13(2)15(4)18(14(12)3)11-17(19)16-8-6-5-7-9-16/h;5-10H,11H2,1-4H3/q-1;+1. The maximum absolute atomic E-state index is 15.4. The number of benzene rings is 5. The van der Waals surface area contributed by atoms with Crippen LogP contribution in [0.2, 0.25) is 0 Å². The summed E-state index contributed by atoms with van der Waals surface area (Å²) in [5, 5.41) is 0. The molecule has 23 heteroatoms. The molecule has 0 aliphatic heterocycles. The third-order valence-corrected chi connectivity index (χ3v) is 10.5. The number of carbonyl (C=O) groups excluding carboxylic acids is 1. The summed E-state index contributed by atoms with van der Waals surface area (Å²) >= 11 is 0. The predicted molar refractivity (Wildman–Crippen MR) is 186 cm³/mol. The van der Waals surface area contributed by atoms with Gasteiger partial charge in [-0.15, -0.1) is 21.9 Å². The highest BCUT2D eigenvalue weighted by Gasteiger charge is 2.52. The Balaban J connectivity index is 0.000000337. The number of Topliss-reactive ketones (excluding diaryl/α,β-unsaturated/α-hetero) is 1. The number of aryl methyl sites for hydroxylation is 2. The molecule has 1 aromatic heterocycles. The molecule has 0 aliphatic rings. The van der Waals surface area contributed by atoms with Gasteiger partial charge in [0, 0.05) is 30.5 Å². The molecule has 0 bridgehead atoms. The summed E-state index contributed by atoms with van der Waals surface area (Å²) in [5.74, 6) is -71.3. The van der Waals surface area contributed by atoms with Crippen LogP contribution in [-0.4, -0.2) is 11.9 Å². The zero-order valence-corrected chi connectivity index (χ0v) is 32.2. The van der Waals surface area contributed by atoms with Crippen LogP contribution in [0.25, 0.3) is 0 Å². The van der Waals surface area contributed by atoms with Crippen molar-refractivity contribution >= 4 is 33.8 Å². The second-order valence-electron chi connectivity index (χ2n) is 13.9. The van der Waals surface area contributed by atoms with Gasteiger partial charge in [-0.25, -0.2) is 87.8 Å². The molecule has 0 amide bonds. The van der Waals surface area contributed by atoms with Crippen molar-refractivity contribution in [1.82, 2.24) is 0 Å². The van der Waals surface area contributed by atoms with Crippen LogP contribution >= 0.6 is 0 Å². The lowest BCUT2D eigenvalue weighted by atomic mass is 9.12. The van der Waals surface area contributed by atoms with Crippen molar-refractivity contribution in [2.24, 2.45) is 0 Å². The van der Waals surface area contributed by atoms with Gasteiger partial charge < -0.3 is 0 Å². The van der Waals surface area contributed by atoms with E-state index in [0.29, 0.717) is 6.54 Å². The number of hydrogen-bond donors (Lipinski definition) is 0. The Labute approximate surface area is 345 Å². The van der Waals surface area contributed by atoms with Crippen LogP contribution in [0.3, 0.4) is 0 Å². The van der Waals surface area contributed by atoms with Crippen LogP contribution in [0.1, 0.15) is 32.9 Å². The average molecular weight is 933 g/mol. The van der Waals surface area contributed by atoms with Gasteiger partial charge in [0.25, 0.3) is 0 Å². The topological polar surface area (TPSA) is 20.9 Å². The molecule has 0 spiro atoms. The first-order valence-corrected chi connectivity index (χ1v) is 17.5. The zero-order valence-electron chi connectivity index (χ0n) is 32.2. The summed E-state index contributed by atoms with van der Waals surface area (Å²) < 4.78 is 296. The molecule has 338 valence electrons. The summed E-state index contributed by atoms with van der Waals surface area (Å²) in [4.78, 5) is 12.3. The molecule has 6 aromatic rings. The lowest BCUT2D eigenvalue weighted by molar-refractivity contribution is -0.695. The summed E-state index contributed by atoms with van der Waals surface area (Å²) in [5.41, 5.74) is -8.79. The van der Waals surface area contributed by atoms with Crippen LogP contribution in [-0.2, 0) is 6.54 Å². The van der Waals surface area contributed by atoms with Crippen molar-refractivity contribution in [3.63, 3.8) is 0 Å². The molecule has 2 nitrogen and oxygen atoms in total. The smallest absolute Gasteiger partial charge is 0.227 e. The SMILES string of the molecule is Cc1cc(C)c(C)[n+](CC(=O)c2ccccc2)c1C.Fc1c(F)c(F)c([B-](c2c(F)c(F)c(F)c(F)c2F)(c2c(F)c(F)c(F)c(F)c2F)c2c(F)c(F)c(F)c(F)c2F)c(F)c1F. The van der Waals surface area contributed by atoms with Crippen molar-refractivity contribution in [3.05, 3.63) is 181 Å². The molecular formula is C41H20BF20NO. The fourth-order valence-electron chi connectivity index (χ4n) is 7.18.